The highest BCUT2D eigenvalue weighted by Crippen LogP contribution is 2.19. The summed E-state index contributed by atoms with van der Waals surface area (Å²) in [4.78, 5) is 3.71. The van der Waals surface area contributed by atoms with Gasteiger partial charge in [0.2, 0.25) is 0 Å². The molecule has 14 heavy (non-hydrogen) atoms. The van der Waals surface area contributed by atoms with Gasteiger partial charge in [0.05, 0.1) is 12.1 Å². The molecule has 1 aromatic rings. The zero-order valence-electron chi connectivity index (χ0n) is 7.20. The van der Waals surface area contributed by atoms with Gasteiger partial charge in [0.15, 0.2) is 0 Å². The van der Waals surface area contributed by atoms with Gasteiger partial charge in [0.1, 0.15) is 10.9 Å². The van der Waals surface area contributed by atoms with Gasteiger partial charge in [-0.3, -0.25) is 4.18 Å². The zero-order valence-corrected chi connectivity index (χ0v) is 9.53. The Morgan fingerprint density at radius 2 is 2.14 bits per heavy atom. The smallest absolute Gasteiger partial charge is 0.271 e. The van der Waals surface area contributed by atoms with E-state index >= 15 is 0 Å². The summed E-state index contributed by atoms with van der Waals surface area (Å²) in [6.07, 6.45) is 1.34. The first-order valence-electron chi connectivity index (χ1n) is 3.53. The lowest BCUT2D eigenvalue weighted by Gasteiger charge is -2.03. The molecule has 0 N–H and O–H groups in total. The van der Waals surface area contributed by atoms with Gasteiger partial charge in [-0.1, -0.05) is 23.2 Å². The van der Waals surface area contributed by atoms with Crippen LogP contribution in [0.25, 0.3) is 0 Å². The third-order valence-corrected chi connectivity index (χ3v) is 3.18. The molecule has 0 saturated carbocycles. The third-order valence-electron chi connectivity index (χ3n) is 1.46. The van der Waals surface area contributed by atoms with E-state index in [1.807, 2.05) is 0 Å². The van der Waals surface area contributed by atoms with Gasteiger partial charge < -0.3 is 0 Å². The Morgan fingerprint density at radius 1 is 1.50 bits per heavy atom. The maximum atomic E-state index is 11.1. The van der Waals surface area contributed by atoms with Crippen LogP contribution in [0, 0.1) is 0 Å². The van der Waals surface area contributed by atoms with E-state index in [0.29, 0.717) is 10.6 Å². The first-order chi connectivity index (χ1) is 6.44. The molecule has 1 heterocycles. The van der Waals surface area contributed by atoms with Gasteiger partial charge in [-0.05, 0) is 6.07 Å². The van der Waals surface area contributed by atoms with Gasteiger partial charge in [0, 0.05) is 11.8 Å². The molecule has 0 aromatic carbocycles. The molecule has 0 amide bonds. The number of rotatable bonds is 3. The largest absolute Gasteiger partial charge is 0.273 e. The lowest BCUT2D eigenvalue weighted by Crippen LogP contribution is -2.06. The van der Waals surface area contributed by atoms with Crippen LogP contribution >= 0.6 is 23.2 Å². The molecular formula is C7H7Cl2NO3S. The molecule has 0 aliphatic carbocycles. The van der Waals surface area contributed by atoms with Crippen LogP contribution in [0.1, 0.15) is 5.56 Å². The summed E-state index contributed by atoms with van der Waals surface area (Å²) in [6.45, 7) is 0. The Bertz CT molecular complexity index is 433. The summed E-state index contributed by atoms with van der Waals surface area (Å²) in [6, 6.07) is 1.44. The highest BCUT2D eigenvalue weighted by atomic mass is 35.5. The van der Waals surface area contributed by atoms with Crippen LogP contribution in [0.5, 0.6) is 0 Å². The summed E-state index contributed by atoms with van der Waals surface area (Å²) >= 11 is 11.3. The third kappa shape index (κ3) is 3.09. The molecule has 1 aromatic heterocycles. The van der Waals surface area contributed by atoms with Crippen LogP contribution in [0.2, 0.25) is 10.2 Å². The minimum Gasteiger partial charge on any atom is -0.273 e. The monoisotopic (exact) mass is 255 g/mol. The molecule has 0 spiro atoms. The Labute approximate surface area is 91.9 Å². The van der Waals surface area contributed by atoms with E-state index in [1.165, 1.54) is 12.3 Å². The van der Waals surface area contributed by atoms with Crippen LogP contribution in [0.3, 0.4) is 0 Å². The average Bonchev–Trinajstić information content (AvgIpc) is 2.11. The topological polar surface area (TPSA) is 56.3 Å². The number of aromatic nitrogens is 1. The average molecular weight is 256 g/mol. The van der Waals surface area contributed by atoms with Crippen LogP contribution in [0.15, 0.2) is 12.3 Å². The Balaban J connectivity index is 3.03. The lowest BCUT2D eigenvalue weighted by atomic mass is 10.3. The van der Waals surface area contributed by atoms with Crippen LogP contribution in [-0.4, -0.2) is 20.5 Å². The van der Waals surface area contributed by atoms with Gasteiger partial charge in [-0.15, -0.1) is 0 Å². The first-order valence-corrected chi connectivity index (χ1v) is 5.86. The Kier molecular flexibility index (Phi) is 3.71. The van der Waals surface area contributed by atoms with E-state index in [2.05, 4.69) is 9.17 Å². The van der Waals surface area contributed by atoms with Crippen molar-refractivity contribution in [1.29, 1.82) is 0 Å². The molecule has 1 rings (SSSR count). The van der Waals surface area contributed by atoms with E-state index in [-0.39, 0.29) is 10.9 Å². The summed E-state index contributed by atoms with van der Waals surface area (Å²) in [5.41, 5.74) is 0.320. The Hall–Kier alpha value is -0.360. The van der Waals surface area contributed by atoms with Crippen molar-refractivity contribution in [3.63, 3.8) is 0 Å². The normalized spacial score (nSPS) is 11.6. The van der Waals surface area contributed by atoms with E-state index in [1.54, 1.807) is 0 Å². The van der Waals surface area contributed by atoms with Gasteiger partial charge in [-0.25, -0.2) is 4.98 Å². The van der Waals surface area contributed by atoms with E-state index < -0.39 is 10.1 Å². The minimum absolute atomic E-state index is 0.107. The highest BCUT2D eigenvalue weighted by molar-refractivity contribution is 7.85. The predicted octanol–water partition coefficient (Wildman–Crippen LogP) is 1.86. The van der Waals surface area contributed by atoms with E-state index in [9.17, 15) is 8.42 Å². The minimum atomic E-state index is -3.59. The Morgan fingerprint density at radius 3 is 2.71 bits per heavy atom. The van der Waals surface area contributed by atoms with Gasteiger partial charge >= 0.3 is 0 Å². The first kappa shape index (κ1) is 11.7. The number of pyridine rings is 1. The molecule has 0 atom stereocenters. The van der Waals surface area contributed by atoms with Crippen molar-refractivity contribution in [2.24, 2.45) is 0 Å². The maximum Gasteiger partial charge on any atom is 0.271 e. The predicted molar refractivity (Wildman–Crippen MR) is 53.9 cm³/mol. The molecule has 0 unspecified atom stereocenters. The van der Waals surface area contributed by atoms with Crippen molar-refractivity contribution < 1.29 is 12.6 Å². The molecule has 0 aliphatic heterocycles. The summed E-state index contributed by atoms with van der Waals surface area (Å²) in [7, 11) is -2.51. The molecule has 0 radical (unpaired) electrons. The second kappa shape index (κ2) is 4.44. The fourth-order valence-electron chi connectivity index (χ4n) is 0.815. The fraction of sp³-hybridized carbons (Fsp3) is 0.286. The molecular weight excluding hydrogens is 249 g/mol. The molecule has 78 valence electrons. The fourth-order valence-corrected chi connectivity index (χ4v) is 1.96. The number of nitrogens with zero attached hydrogens (tertiary/aromatic N) is 1. The van der Waals surface area contributed by atoms with Crippen molar-refractivity contribution in [2.45, 2.75) is 5.75 Å². The molecule has 0 bridgehead atoms. The van der Waals surface area contributed by atoms with Crippen LogP contribution < -0.4 is 0 Å². The summed E-state index contributed by atoms with van der Waals surface area (Å²) < 4.78 is 26.4. The van der Waals surface area contributed by atoms with Crippen LogP contribution in [-0.2, 0) is 20.1 Å². The van der Waals surface area contributed by atoms with Crippen molar-refractivity contribution >= 4 is 33.3 Å². The molecule has 0 fully saturated rings. The second-order valence-electron chi connectivity index (χ2n) is 2.47. The van der Waals surface area contributed by atoms with E-state index in [4.69, 9.17) is 23.2 Å². The number of hydrogen-bond donors (Lipinski definition) is 0. The second-order valence-corrected chi connectivity index (χ2v) is 5.00. The van der Waals surface area contributed by atoms with Gasteiger partial charge in [0.25, 0.3) is 10.1 Å². The zero-order chi connectivity index (χ0) is 10.8. The van der Waals surface area contributed by atoms with Crippen molar-refractivity contribution in [3.05, 3.63) is 28.0 Å². The molecule has 0 aliphatic rings. The summed E-state index contributed by atoms with van der Waals surface area (Å²) in [5.74, 6) is -0.337. The SMILES string of the molecule is COS(=O)(=O)Cc1cc(Cl)cnc1Cl. The number of halogens is 2. The quantitative estimate of drug-likeness (QED) is 0.611. The maximum absolute atomic E-state index is 11.1. The van der Waals surface area contributed by atoms with Crippen molar-refractivity contribution in [3.8, 4) is 0 Å². The highest BCUT2D eigenvalue weighted by Gasteiger charge is 2.13. The van der Waals surface area contributed by atoms with Crippen LogP contribution in [0.4, 0.5) is 0 Å². The summed E-state index contributed by atoms with van der Waals surface area (Å²) in [5, 5.41) is 0.436. The van der Waals surface area contributed by atoms with Crippen molar-refractivity contribution in [1.82, 2.24) is 4.98 Å². The van der Waals surface area contributed by atoms with Gasteiger partial charge in [-0.2, -0.15) is 8.42 Å². The number of hydrogen-bond acceptors (Lipinski definition) is 4. The lowest BCUT2D eigenvalue weighted by molar-refractivity contribution is 0.397. The van der Waals surface area contributed by atoms with E-state index in [0.717, 1.165) is 7.11 Å². The molecule has 7 heteroatoms. The standard InChI is InChI=1S/C7H7Cl2NO3S/c1-13-14(11,12)4-5-2-6(8)3-10-7(5)9/h2-3H,4H2,1H3. The molecule has 0 saturated heterocycles. The molecule has 4 nitrogen and oxygen atoms in total. The van der Waals surface area contributed by atoms with Crippen molar-refractivity contribution in [2.75, 3.05) is 7.11 Å².